The highest BCUT2D eigenvalue weighted by Crippen LogP contribution is 2.35. The number of halogens is 4. The summed E-state index contributed by atoms with van der Waals surface area (Å²) in [4.78, 5) is 4.01. The fourth-order valence-electron chi connectivity index (χ4n) is 1.08. The monoisotopic (exact) mass is 340 g/mol. The molecule has 1 aromatic heterocycles. The fraction of sp³-hybridized carbons (Fsp3) is 0. The molecule has 0 aliphatic carbocycles. The first kappa shape index (κ1) is 12.1. The van der Waals surface area contributed by atoms with E-state index >= 15 is 0 Å². The van der Waals surface area contributed by atoms with Gasteiger partial charge in [0, 0.05) is 9.85 Å². The molecule has 84 valence electrons. The Labute approximate surface area is 114 Å². The van der Waals surface area contributed by atoms with Crippen molar-refractivity contribution in [2.45, 2.75) is 0 Å². The maximum Gasteiger partial charge on any atom is 0.188 e. The Hall–Kier alpha value is -0.360. The molecular weight excluding hydrogens is 338 g/mol. The molecule has 0 saturated heterocycles. The standard InChI is InChI=1S/C9H4BrCl2FN2S/c10-5-1-4(13)2-6(11)8(5)15-9-14-7(12)3-16-9/h1-3H,(H,14,15). The van der Waals surface area contributed by atoms with Crippen molar-refractivity contribution >= 4 is 61.3 Å². The molecule has 0 unspecified atom stereocenters. The summed E-state index contributed by atoms with van der Waals surface area (Å²) in [6.07, 6.45) is 0. The van der Waals surface area contributed by atoms with Gasteiger partial charge < -0.3 is 5.32 Å². The third-order valence-corrected chi connectivity index (χ3v) is 3.72. The van der Waals surface area contributed by atoms with Crippen LogP contribution in [0.1, 0.15) is 0 Å². The van der Waals surface area contributed by atoms with Crippen molar-refractivity contribution in [3.8, 4) is 0 Å². The summed E-state index contributed by atoms with van der Waals surface area (Å²) >= 11 is 16.1. The van der Waals surface area contributed by atoms with Crippen LogP contribution < -0.4 is 5.32 Å². The van der Waals surface area contributed by atoms with Gasteiger partial charge in [-0.2, -0.15) is 0 Å². The molecule has 7 heteroatoms. The zero-order valence-electron chi connectivity index (χ0n) is 7.60. The molecule has 2 nitrogen and oxygen atoms in total. The van der Waals surface area contributed by atoms with Crippen LogP contribution in [0.5, 0.6) is 0 Å². The minimum absolute atomic E-state index is 0.276. The van der Waals surface area contributed by atoms with Crippen LogP contribution in [0.3, 0.4) is 0 Å². The Bertz CT molecular complexity index is 509. The van der Waals surface area contributed by atoms with E-state index in [2.05, 4.69) is 26.2 Å². The van der Waals surface area contributed by atoms with Gasteiger partial charge in [-0.25, -0.2) is 9.37 Å². The maximum absolute atomic E-state index is 13.0. The first-order chi connectivity index (χ1) is 7.56. The highest BCUT2D eigenvalue weighted by Gasteiger charge is 2.10. The average molecular weight is 342 g/mol. The number of hydrogen-bond donors (Lipinski definition) is 1. The summed E-state index contributed by atoms with van der Waals surface area (Å²) in [5.41, 5.74) is 0.564. The second kappa shape index (κ2) is 4.87. The second-order valence-electron chi connectivity index (χ2n) is 2.84. The van der Waals surface area contributed by atoms with Crippen molar-refractivity contribution < 1.29 is 4.39 Å². The molecule has 2 rings (SSSR count). The van der Waals surface area contributed by atoms with Gasteiger partial charge in [0.1, 0.15) is 11.0 Å². The molecule has 1 N–H and O–H groups in total. The Balaban J connectivity index is 2.34. The highest BCUT2D eigenvalue weighted by molar-refractivity contribution is 9.10. The maximum atomic E-state index is 13.0. The fourth-order valence-corrected chi connectivity index (χ4v) is 2.82. The van der Waals surface area contributed by atoms with Crippen LogP contribution in [-0.4, -0.2) is 4.98 Å². The molecule has 0 bridgehead atoms. The van der Waals surface area contributed by atoms with Gasteiger partial charge in [-0.05, 0) is 28.1 Å². The van der Waals surface area contributed by atoms with E-state index in [0.29, 0.717) is 20.4 Å². The van der Waals surface area contributed by atoms with Crippen molar-refractivity contribution in [1.82, 2.24) is 4.98 Å². The summed E-state index contributed by atoms with van der Waals surface area (Å²) in [5, 5.41) is 5.93. The van der Waals surface area contributed by atoms with E-state index in [1.807, 2.05) is 0 Å². The summed E-state index contributed by atoms with van der Waals surface area (Å²) in [5.74, 6) is -0.403. The molecule has 0 aliphatic heterocycles. The lowest BCUT2D eigenvalue weighted by atomic mass is 10.3. The molecule has 0 atom stereocenters. The molecule has 0 amide bonds. The number of hydrogen-bond acceptors (Lipinski definition) is 3. The molecule has 1 aromatic carbocycles. The van der Waals surface area contributed by atoms with Crippen LogP contribution in [-0.2, 0) is 0 Å². The topological polar surface area (TPSA) is 24.9 Å². The minimum atomic E-state index is -0.403. The first-order valence-electron chi connectivity index (χ1n) is 4.09. The van der Waals surface area contributed by atoms with Crippen LogP contribution in [0.25, 0.3) is 0 Å². The van der Waals surface area contributed by atoms with E-state index in [9.17, 15) is 4.39 Å². The zero-order valence-corrected chi connectivity index (χ0v) is 11.5. The number of thiazole rings is 1. The number of nitrogens with zero attached hydrogens (tertiary/aromatic N) is 1. The Morgan fingerprint density at radius 3 is 2.69 bits per heavy atom. The predicted molar refractivity (Wildman–Crippen MR) is 69.5 cm³/mol. The summed E-state index contributed by atoms with van der Waals surface area (Å²) < 4.78 is 13.5. The molecule has 0 fully saturated rings. The van der Waals surface area contributed by atoms with Crippen molar-refractivity contribution in [1.29, 1.82) is 0 Å². The Morgan fingerprint density at radius 2 is 2.12 bits per heavy atom. The average Bonchev–Trinajstić information content (AvgIpc) is 2.58. The van der Waals surface area contributed by atoms with Crippen LogP contribution in [0, 0.1) is 5.82 Å². The van der Waals surface area contributed by atoms with Crippen LogP contribution in [0.4, 0.5) is 15.2 Å². The van der Waals surface area contributed by atoms with Gasteiger partial charge in [-0.3, -0.25) is 0 Å². The van der Waals surface area contributed by atoms with E-state index in [0.717, 1.165) is 0 Å². The number of rotatable bonds is 2. The summed E-state index contributed by atoms with van der Waals surface area (Å²) in [6, 6.07) is 2.55. The lowest BCUT2D eigenvalue weighted by Crippen LogP contribution is -1.92. The third-order valence-electron chi connectivity index (χ3n) is 1.71. The molecule has 0 saturated carbocycles. The van der Waals surface area contributed by atoms with Crippen molar-refractivity contribution in [2.24, 2.45) is 0 Å². The molecular formula is C9H4BrCl2FN2S. The zero-order chi connectivity index (χ0) is 11.7. The van der Waals surface area contributed by atoms with Gasteiger partial charge in [0.2, 0.25) is 0 Å². The van der Waals surface area contributed by atoms with Gasteiger partial charge in [-0.15, -0.1) is 11.3 Å². The summed E-state index contributed by atoms with van der Waals surface area (Å²) in [6.45, 7) is 0. The molecule has 2 aromatic rings. The SMILES string of the molecule is Fc1cc(Cl)c(Nc2nc(Cl)cs2)c(Br)c1. The lowest BCUT2D eigenvalue weighted by molar-refractivity contribution is 0.627. The van der Waals surface area contributed by atoms with Crippen LogP contribution in [0.15, 0.2) is 22.0 Å². The molecule has 0 spiro atoms. The van der Waals surface area contributed by atoms with Gasteiger partial charge >= 0.3 is 0 Å². The predicted octanol–water partition coefficient (Wildman–Crippen LogP) is 5.10. The van der Waals surface area contributed by atoms with Crippen molar-refractivity contribution in [2.75, 3.05) is 5.32 Å². The van der Waals surface area contributed by atoms with Gasteiger partial charge in [-0.1, -0.05) is 23.2 Å². The number of benzene rings is 1. The molecule has 16 heavy (non-hydrogen) atoms. The number of anilines is 2. The van der Waals surface area contributed by atoms with E-state index in [-0.39, 0.29) is 5.02 Å². The highest BCUT2D eigenvalue weighted by atomic mass is 79.9. The molecule has 0 radical (unpaired) electrons. The van der Waals surface area contributed by atoms with E-state index in [1.165, 1.54) is 23.5 Å². The largest absolute Gasteiger partial charge is 0.329 e. The Kier molecular flexibility index (Phi) is 3.69. The van der Waals surface area contributed by atoms with E-state index in [1.54, 1.807) is 5.38 Å². The number of aromatic nitrogens is 1. The van der Waals surface area contributed by atoms with Crippen LogP contribution >= 0.6 is 50.5 Å². The van der Waals surface area contributed by atoms with Crippen LogP contribution in [0.2, 0.25) is 10.2 Å². The second-order valence-corrected chi connectivity index (χ2v) is 5.35. The minimum Gasteiger partial charge on any atom is -0.329 e. The normalized spacial score (nSPS) is 10.5. The van der Waals surface area contributed by atoms with Gasteiger partial charge in [0.15, 0.2) is 5.13 Å². The Morgan fingerprint density at radius 1 is 1.38 bits per heavy atom. The van der Waals surface area contributed by atoms with Crippen molar-refractivity contribution in [3.63, 3.8) is 0 Å². The molecule has 1 heterocycles. The quantitative estimate of drug-likeness (QED) is 0.822. The van der Waals surface area contributed by atoms with E-state index < -0.39 is 5.82 Å². The number of nitrogens with one attached hydrogen (secondary N) is 1. The van der Waals surface area contributed by atoms with Gasteiger partial charge in [0.25, 0.3) is 0 Å². The van der Waals surface area contributed by atoms with Crippen molar-refractivity contribution in [3.05, 3.63) is 38.0 Å². The molecule has 0 aliphatic rings. The summed E-state index contributed by atoms with van der Waals surface area (Å²) in [7, 11) is 0. The first-order valence-corrected chi connectivity index (χ1v) is 6.51. The van der Waals surface area contributed by atoms with Gasteiger partial charge in [0.05, 0.1) is 10.7 Å². The smallest absolute Gasteiger partial charge is 0.188 e. The lowest BCUT2D eigenvalue weighted by Gasteiger charge is -2.07. The third kappa shape index (κ3) is 2.66. The van der Waals surface area contributed by atoms with E-state index in [4.69, 9.17) is 23.2 Å².